The highest BCUT2D eigenvalue weighted by atomic mass is 16.6. The lowest BCUT2D eigenvalue weighted by Crippen LogP contribution is -2.27. The molecule has 1 heterocycles. The zero-order valence-corrected chi connectivity index (χ0v) is 15.6. The molecular formula is C18H31N3O2. The minimum atomic E-state index is -0.531. The first-order valence-corrected chi connectivity index (χ1v) is 8.31. The first-order valence-electron chi connectivity index (χ1n) is 8.31. The predicted octanol–water partition coefficient (Wildman–Crippen LogP) is 5.66. The van der Waals surface area contributed by atoms with E-state index in [9.17, 15) is 4.79 Å². The van der Waals surface area contributed by atoms with Crippen LogP contribution >= 0.6 is 0 Å². The van der Waals surface area contributed by atoms with Gasteiger partial charge in [-0.3, -0.25) is 15.3 Å². The summed E-state index contributed by atoms with van der Waals surface area (Å²) in [4.78, 5) is 20.5. The van der Waals surface area contributed by atoms with Crippen molar-refractivity contribution in [1.29, 1.82) is 0 Å². The van der Waals surface area contributed by atoms with Gasteiger partial charge in [-0.2, -0.15) is 0 Å². The van der Waals surface area contributed by atoms with Crippen LogP contribution in [0.3, 0.4) is 0 Å². The second-order valence-electron chi connectivity index (χ2n) is 5.87. The van der Waals surface area contributed by atoms with Crippen molar-refractivity contribution in [1.82, 2.24) is 4.98 Å². The number of unbranched alkanes of at least 4 members (excludes halogenated alkanes) is 2. The molecule has 23 heavy (non-hydrogen) atoms. The molecule has 1 amide bonds. The monoisotopic (exact) mass is 321 g/mol. The quantitative estimate of drug-likeness (QED) is 0.562. The minimum absolute atomic E-state index is 0.488. The Labute approximate surface area is 140 Å². The number of hydrogen-bond acceptors (Lipinski definition) is 4. The summed E-state index contributed by atoms with van der Waals surface area (Å²) in [5.41, 5.74) is 1.54. The number of amides is 1. The lowest BCUT2D eigenvalue weighted by atomic mass is 10.2. The molecule has 0 aliphatic rings. The predicted molar refractivity (Wildman–Crippen MR) is 97.9 cm³/mol. The third-order valence-corrected chi connectivity index (χ3v) is 2.65. The van der Waals surface area contributed by atoms with Crippen molar-refractivity contribution < 1.29 is 9.53 Å². The standard InChI is InChI=1S/C16H25N3O2.C2H6/c1-6-7-8-10-18-14-12(2)17-11-9-13(14)19-15(20)21-16(3,4)5;1-2/h9-11H,6-8H2,1-5H3,(H,17,19,20);1-2H3. The fourth-order valence-corrected chi connectivity index (χ4v) is 1.69. The Kier molecular flexibility index (Phi) is 9.86. The minimum Gasteiger partial charge on any atom is -0.444 e. The molecule has 130 valence electrons. The molecule has 5 nitrogen and oxygen atoms in total. The SMILES string of the molecule is CC.CCCCC=Nc1c(NC(=O)OC(C)(C)C)ccnc1C. The van der Waals surface area contributed by atoms with Gasteiger partial charge in [0.05, 0.1) is 11.4 Å². The number of nitrogens with one attached hydrogen (secondary N) is 1. The van der Waals surface area contributed by atoms with E-state index in [1.807, 2.05) is 47.8 Å². The molecule has 0 bridgehead atoms. The van der Waals surface area contributed by atoms with Crippen LogP contribution in [0.15, 0.2) is 17.3 Å². The molecule has 1 aromatic rings. The second kappa shape index (κ2) is 10.8. The lowest BCUT2D eigenvalue weighted by Gasteiger charge is -2.20. The molecule has 0 aliphatic heterocycles. The molecule has 0 saturated carbocycles. The van der Waals surface area contributed by atoms with Gasteiger partial charge in [0.15, 0.2) is 0 Å². The molecule has 0 atom stereocenters. The van der Waals surface area contributed by atoms with Crippen molar-refractivity contribution in [3.05, 3.63) is 18.0 Å². The fraction of sp³-hybridized carbons (Fsp3) is 0.611. The Morgan fingerprint density at radius 1 is 1.39 bits per heavy atom. The Hall–Kier alpha value is -1.91. The fourth-order valence-electron chi connectivity index (χ4n) is 1.69. The van der Waals surface area contributed by atoms with Crippen molar-refractivity contribution >= 4 is 23.7 Å². The average molecular weight is 321 g/mol. The summed E-state index contributed by atoms with van der Waals surface area (Å²) >= 11 is 0. The summed E-state index contributed by atoms with van der Waals surface area (Å²) in [6, 6.07) is 1.73. The van der Waals surface area contributed by atoms with Crippen LogP contribution in [0, 0.1) is 6.92 Å². The number of aryl methyl sites for hydroxylation is 1. The number of aromatic nitrogens is 1. The van der Waals surface area contributed by atoms with Gasteiger partial charge in [-0.25, -0.2) is 4.79 Å². The average Bonchev–Trinajstić information content (AvgIpc) is 2.46. The van der Waals surface area contributed by atoms with E-state index in [1.165, 1.54) is 0 Å². The largest absolute Gasteiger partial charge is 0.444 e. The van der Waals surface area contributed by atoms with Crippen molar-refractivity contribution in [3.8, 4) is 0 Å². The molecule has 0 unspecified atom stereocenters. The number of pyridine rings is 1. The third-order valence-electron chi connectivity index (χ3n) is 2.65. The topological polar surface area (TPSA) is 63.6 Å². The van der Waals surface area contributed by atoms with Crippen molar-refractivity contribution in [2.75, 3.05) is 5.32 Å². The summed E-state index contributed by atoms with van der Waals surface area (Å²) in [6.07, 6.45) is 6.16. The van der Waals surface area contributed by atoms with E-state index in [1.54, 1.807) is 12.3 Å². The van der Waals surface area contributed by atoms with E-state index in [4.69, 9.17) is 4.74 Å². The summed E-state index contributed by atoms with van der Waals surface area (Å²) in [5, 5.41) is 2.73. The Balaban J connectivity index is 0.00000232. The van der Waals surface area contributed by atoms with Gasteiger partial charge >= 0.3 is 6.09 Å². The van der Waals surface area contributed by atoms with E-state index < -0.39 is 11.7 Å². The lowest BCUT2D eigenvalue weighted by molar-refractivity contribution is 0.0636. The second-order valence-corrected chi connectivity index (χ2v) is 5.87. The van der Waals surface area contributed by atoms with Crippen molar-refractivity contribution in [2.45, 2.75) is 73.3 Å². The Bertz CT molecular complexity index is 505. The van der Waals surface area contributed by atoms with Gasteiger partial charge in [0.1, 0.15) is 11.3 Å². The molecular weight excluding hydrogens is 290 g/mol. The molecule has 0 aliphatic carbocycles. The van der Waals surface area contributed by atoms with Gasteiger partial charge in [0.2, 0.25) is 0 Å². The number of ether oxygens (including phenoxy) is 1. The smallest absolute Gasteiger partial charge is 0.412 e. The molecule has 0 fully saturated rings. The maximum atomic E-state index is 11.9. The van der Waals surface area contributed by atoms with Crippen LogP contribution in [-0.4, -0.2) is 22.9 Å². The van der Waals surface area contributed by atoms with Gasteiger partial charge in [0.25, 0.3) is 0 Å². The number of rotatable bonds is 5. The first-order chi connectivity index (χ1) is 10.8. The van der Waals surface area contributed by atoms with Crippen LogP contribution in [-0.2, 0) is 4.74 Å². The summed E-state index contributed by atoms with van der Waals surface area (Å²) in [7, 11) is 0. The number of carbonyl (C=O) groups is 1. The zero-order chi connectivity index (χ0) is 17.9. The van der Waals surface area contributed by atoms with Gasteiger partial charge in [0, 0.05) is 12.4 Å². The van der Waals surface area contributed by atoms with E-state index in [0.29, 0.717) is 11.4 Å². The summed E-state index contributed by atoms with van der Waals surface area (Å²) in [5.74, 6) is 0. The molecule has 0 radical (unpaired) electrons. The zero-order valence-electron chi connectivity index (χ0n) is 15.6. The third kappa shape index (κ3) is 8.96. The highest BCUT2D eigenvalue weighted by molar-refractivity contribution is 5.90. The van der Waals surface area contributed by atoms with Gasteiger partial charge in [-0.05, 0) is 46.6 Å². The van der Waals surface area contributed by atoms with Gasteiger partial charge in [-0.15, -0.1) is 0 Å². The molecule has 1 N–H and O–H groups in total. The summed E-state index contributed by atoms with van der Waals surface area (Å²) < 4.78 is 5.26. The molecule has 1 rings (SSSR count). The van der Waals surface area contributed by atoms with Crippen molar-refractivity contribution in [3.63, 3.8) is 0 Å². The first kappa shape index (κ1) is 21.1. The Morgan fingerprint density at radius 2 is 2.04 bits per heavy atom. The number of hydrogen-bond donors (Lipinski definition) is 1. The van der Waals surface area contributed by atoms with Crippen LogP contribution in [0.2, 0.25) is 0 Å². The van der Waals surface area contributed by atoms with Gasteiger partial charge in [-0.1, -0.05) is 27.2 Å². The van der Waals surface area contributed by atoms with E-state index >= 15 is 0 Å². The van der Waals surface area contributed by atoms with Crippen LogP contribution in [0.5, 0.6) is 0 Å². The number of aliphatic imine (C=N–C) groups is 1. The molecule has 0 saturated heterocycles. The molecule has 5 heteroatoms. The highest BCUT2D eigenvalue weighted by Crippen LogP contribution is 2.27. The normalized spacial score (nSPS) is 10.9. The molecule has 0 aromatic carbocycles. The number of carbonyl (C=O) groups excluding carboxylic acids is 1. The number of nitrogens with zero attached hydrogens (tertiary/aromatic N) is 2. The molecule has 0 spiro atoms. The van der Waals surface area contributed by atoms with Crippen LogP contribution in [0.1, 0.15) is 66.5 Å². The maximum Gasteiger partial charge on any atom is 0.412 e. The van der Waals surface area contributed by atoms with Crippen LogP contribution in [0.4, 0.5) is 16.2 Å². The highest BCUT2D eigenvalue weighted by Gasteiger charge is 2.17. The van der Waals surface area contributed by atoms with E-state index in [0.717, 1.165) is 25.0 Å². The molecule has 1 aromatic heterocycles. The van der Waals surface area contributed by atoms with Crippen LogP contribution < -0.4 is 5.32 Å². The maximum absolute atomic E-state index is 11.9. The van der Waals surface area contributed by atoms with Crippen molar-refractivity contribution in [2.24, 2.45) is 4.99 Å². The van der Waals surface area contributed by atoms with E-state index in [-0.39, 0.29) is 0 Å². The number of anilines is 1. The van der Waals surface area contributed by atoms with Gasteiger partial charge < -0.3 is 4.74 Å². The summed E-state index contributed by atoms with van der Waals surface area (Å²) in [6.45, 7) is 13.5. The van der Waals surface area contributed by atoms with E-state index in [2.05, 4.69) is 22.2 Å². The Morgan fingerprint density at radius 3 is 2.61 bits per heavy atom. The van der Waals surface area contributed by atoms with Crippen LogP contribution in [0.25, 0.3) is 0 Å².